The van der Waals surface area contributed by atoms with Gasteiger partial charge in [-0.1, -0.05) is 24.3 Å². The lowest BCUT2D eigenvalue weighted by Gasteiger charge is -2.34. The first-order valence-corrected chi connectivity index (χ1v) is 9.46. The monoisotopic (exact) mass is 359 g/mol. The highest BCUT2D eigenvalue weighted by molar-refractivity contribution is 5.81. The van der Waals surface area contributed by atoms with Gasteiger partial charge in [-0.25, -0.2) is 9.97 Å². The average Bonchev–Trinajstić information content (AvgIpc) is 3.31. The number of imidazole rings is 2. The van der Waals surface area contributed by atoms with Gasteiger partial charge < -0.3 is 14.9 Å². The van der Waals surface area contributed by atoms with Crippen LogP contribution in [0, 0.1) is 0 Å². The van der Waals surface area contributed by atoms with Crippen molar-refractivity contribution in [3.63, 3.8) is 0 Å². The van der Waals surface area contributed by atoms with Crippen molar-refractivity contribution in [1.82, 2.24) is 24.8 Å². The Labute approximate surface area is 156 Å². The fourth-order valence-electron chi connectivity index (χ4n) is 3.98. The van der Waals surface area contributed by atoms with E-state index in [-0.39, 0.29) is 18.4 Å². The van der Waals surface area contributed by atoms with Crippen molar-refractivity contribution in [3.8, 4) is 0 Å². The third-order valence-electron chi connectivity index (χ3n) is 5.30. The maximum atomic E-state index is 13.1. The molecule has 0 aliphatic carbocycles. The van der Waals surface area contributed by atoms with Crippen molar-refractivity contribution >= 4 is 28.0 Å². The molecule has 6 nitrogen and oxygen atoms in total. The van der Waals surface area contributed by atoms with Crippen LogP contribution in [0.25, 0.3) is 22.1 Å². The molecule has 2 N–H and O–H groups in total. The van der Waals surface area contributed by atoms with Gasteiger partial charge in [0.25, 0.3) is 0 Å². The van der Waals surface area contributed by atoms with Gasteiger partial charge in [-0.05, 0) is 43.5 Å². The number of hydrogen-bond donors (Lipinski definition) is 2. The molecule has 0 radical (unpaired) electrons. The topological polar surface area (TPSA) is 77.7 Å². The second-order valence-corrected chi connectivity index (χ2v) is 7.12. The van der Waals surface area contributed by atoms with Gasteiger partial charge in [0.05, 0.1) is 34.5 Å². The molecule has 2 aromatic heterocycles. The van der Waals surface area contributed by atoms with E-state index in [1.165, 1.54) is 0 Å². The van der Waals surface area contributed by atoms with Gasteiger partial charge in [0.1, 0.15) is 11.6 Å². The molecule has 0 unspecified atom stereocenters. The second-order valence-electron chi connectivity index (χ2n) is 7.12. The van der Waals surface area contributed by atoms with Gasteiger partial charge >= 0.3 is 0 Å². The third-order valence-corrected chi connectivity index (χ3v) is 5.30. The van der Waals surface area contributed by atoms with E-state index in [1.54, 1.807) is 0 Å². The summed E-state index contributed by atoms with van der Waals surface area (Å²) in [4.78, 5) is 31.0. The minimum Gasteiger partial charge on any atom is -0.342 e. The first kappa shape index (κ1) is 16.1. The number of likely N-dealkylation sites (tertiary alicyclic amines) is 1. The Balaban J connectivity index is 1.41. The molecule has 1 fully saturated rings. The number of para-hydroxylation sites is 4. The minimum absolute atomic E-state index is 0.00280. The molecule has 6 heteroatoms. The Morgan fingerprint density at radius 3 is 2.41 bits per heavy atom. The lowest BCUT2D eigenvalue weighted by Crippen LogP contribution is -2.40. The Kier molecular flexibility index (Phi) is 3.89. The van der Waals surface area contributed by atoms with Crippen LogP contribution >= 0.6 is 0 Å². The third kappa shape index (κ3) is 2.97. The number of fused-ring (bicyclic) bond motifs is 2. The molecule has 1 atom stereocenters. The first-order valence-electron chi connectivity index (χ1n) is 9.46. The molecular weight excluding hydrogens is 338 g/mol. The molecule has 5 rings (SSSR count). The van der Waals surface area contributed by atoms with Crippen LogP contribution in [0.15, 0.2) is 48.5 Å². The standard InChI is InChI=1S/C21H21N5O/c27-20(13-19-22-14-7-1-2-8-15(14)23-19)26-12-6-5-11-18(26)21-24-16-9-3-4-10-17(16)25-21/h1-4,7-10,18H,5-6,11-13H2,(H,22,23)(H,24,25)/t18-/m0/s1. The van der Waals surface area contributed by atoms with Crippen LogP contribution in [-0.2, 0) is 11.2 Å². The van der Waals surface area contributed by atoms with Gasteiger partial charge in [0, 0.05) is 6.54 Å². The molecule has 0 bridgehead atoms. The highest BCUT2D eigenvalue weighted by Crippen LogP contribution is 2.31. The Morgan fingerprint density at radius 1 is 0.963 bits per heavy atom. The van der Waals surface area contributed by atoms with Crippen LogP contribution < -0.4 is 0 Å². The summed E-state index contributed by atoms with van der Waals surface area (Å²) in [5.41, 5.74) is 3.83. The van der Waals surface area contributed by atoms with Gasteiger partial charge in [0.15, 0.2) is 0 Å². The Bertz CT molecular complexity index is 1050. The number of hydrogen-bond acceptors (Lipinski definition) is 3. The molecule has 1 amide bonds. The lowest BCUT2D eigenvalue weighted by molar-refractivity contribution is -0.134. The number of H-pyrrole nitrogens is 2. The van der Waals surface area contributed by atoms with E-state index < -0.39 is 0 Å². The molecule has 136 valence electrons. The number of carbonyl (C=O) groups excluding carboxylic acids is 1. The minimum atomic E-state index is 0.00280. The number of rotatable bonds is 3. The number of benzene rings is 2. The summed E-state index contributed by atoms with van der Waals surface area (Å²) < 4.78 is 0. The van der Waals surface area contributed by atoms with Gasteiger partial charge in [0.2, 0.25) is 5.91 Å². The smallest absolute Gasteiger partial charge is 0.230 e. The molecule has 27 heavy (non-hydrogen) atoms. The Morgan fingerprint density at radius 2 is 1.67 bits per heavy atom. The first-order chi connectivity index (χ1) is 13.3. The van der Waals surface area contributed by atoms with E-state index in [1.807, 2.05) is 53.4 Å². The fourth-order valence-corrected chi connectivity index (χ4v) is 3.98. The SMILES string of the molecule is O=C(Cc1nc2ccccc2[nH]1)N1CCCC[C@H]1c1nc2ccccc2[nH]1. The number of nitrogens with one attached hydrogen (secondary N) is 2. The molecule has 1 saturated heterocycles. The molecule has 0 saturated carbocycles. The normalized spacial score (nSPS) is 17.6. The van der Waals surface area contributed by atoms with Crippen LogP contribution in [-0.4, -0.2) is 37.3 Å². The molecule has 1 aliphatic heterocycles. The number of aromatic amines is 2. The molecular formula is C21H21N5O. The molecule has 2 aromatic carbocycles. The summed E-state index contributed by atoms with van der Waals surface area (Å²) in [6, 6.07) is 15.9. The van der Waals surface area contributed by atoms with Crippen LogP contribution in [0.3, 0.4) is 0 Å². The lowest BCUT2D eigenvalue weighted by atomic mass is 10.0. The number of aromatic nitrogens is 4. The summed E-state index contributed by atoms with van der Waals surface area (Å²) >= 11 is 0. The van der Waals surface area contributed by atoms with Crippen molar-refractivity contribution in [2.75, 3.05) is 6.54 Å². The predicted octanol–water partition coefficient (Wildman–Crippen LogP) is 3.74. The summed E-state index contributed by atoms with van der Waals surface area (Å²) in [5.74, 6) is 1.70. The number of nitrogens with zero attached hydrogens (tertiary/aromatic N) is 3. The zero-order valence-electron chi connectivity index (χ0n) is 15.0. The van der Waals surface area contributed by atoms with Crippen LogP contribution in [0.5, 0.6) is 0 Å². The number of amides is 1. The molecule has 4 aromatic rings. The average molecular weight is 359 g/mol. The summed E-state index contributed by atoms with van der Waals surface area (Å²) in [6.45, 7) is 0.765. The van der Waals surface area contributed by atoms with E-state index in [4.69, 9.17) is 4.98 Å². The van der Waals surface area contributed by atoms with Gasteiger partial charge in [-0.2, -0.15) is 0 Å². The summed E-state index contributed by atoms with van der Waals surface area (Å²) in [7, 11) is 0. The second kappa shape index (κ2) is 6.54. The van der Waals surface area contributed by atoms with Crippen molar-refractivity contribution in [2.45, 2.75) is 31.7 Å². The molecule has 0 spiro atoms. The van der Waals surface area contributed by atoms with Crippen molar-refractivity contribution in [1.29, 1.82) is 0 Å². The number of carbonyl (C=O) groups is 1. The zero-order chi connectivity index (χ0) is 18.2. The summed E-state index contributed by atoms with van der Waals surface area (Å²) in [6.07, 6.45) is 3.36. The maximum Gasteiger partial charge on any atom is 0.230 e. The number of piperidine rings is 1. The van der Waals surface area contributed by atoms with Gasteiger partial charge in [-0.15, -0.1) is 0 Å². The molecule has 3 heterocycles. The van der Waals surface area contributed by atoms with Gasteiger partial charge in [-0.3, -0.25) is 4.79 Å². The van der Waals surface area contributed by atoms with Crippen LogP contribution in [0.4, 0.5) is 0 Å². The Hall–Kier alpha value is -3.15. The van der Waals surface area contributed by atoms with Crippen molar-refractivity contribution in [3.05, 3.63) is 60.2 Å². The predicted molar refractivity (Wildman–Crippen MR) is 104 cm³/mol. The maximum absolute atomic E-state index is 13.1. The van der Waals surface area contributed by atoms with Crippen LogP contribution in [0.1, 0.15) is 37.0 Å². The largest absolute Gasteiger partial charge is 0.342 e. The van der Waals surface area contributed by atoms with E-state index in [0.717, 1.165) is 59.5 Å². The van der Waals surface area contributed by atoms with E-state index in [9.17, 15) is 4.79 Å². The van der Waals surface area contributed by atoms with Crippen molar-refractivity contribution < 1.29 is 4.79 Å². The quantitative estimate of drug-likeness (QED) is 0.585. The van der Waals surface area contributed by atoms with E-state index in [2.05, 4.69) is 15.0 Å². The molecule has 1 aliphatic rings. The van der Waals surface area contributed by atoms with E-state index in [0.29, 0.717) is 0 Å². The van der Waals surface area contributed by atoms with Crippen molar-refractivity contribution in [2.24, 2.45) is 0 Å². The zero-order valence-corrected chi connectivity index (χ0v) is 15.0. The summed E-state index contributed by atoms with van der Waals surface area (Å²) in [5, 5.41) is 0. The highest BCUT2D eigenvalue weighted by atomic mass is 16.2. The van der Waals surface area contributed by atoms with E-state index >= 15 is 0 Å². The van der Waals surface area contributed by atoms with Crippen LogP contribution in [0.2, 0.25) is 0 Å². The fraction of sp³-hybridized carbons (Fsp3) is 0.286. The highest BCUT2D eigenvalue weighted by Gasteiger charge is 2.30.